The van der Waals surface area contributed by atoms with Crippen molar-refractivity contribution in [1.82, 2.24) is 14.8 Å². The zero-order valence-electron chi connectivity index (χ0n) is 11.7. The first-order chi connectivity index (χ1) is 9.62. The van der Waals surface area contributed by atoms with Crippen LogP contribution in [-0.2, 0) is 4.79 Å². The van der Waals surface area contributed by atoms with Crippen LogP contribution >= 0.6 is 11.3 Å². The SMILES string of the molecule is CN1C(=O)CCC[C@@]12CCCN(C(=O)c1cscn1)C2. The van der Waals surface area contributed by atoms with Gasteiger partial charge in [-0.15, -0.1) is 11.3 Å². The average molecular weight is 293 g/mol. The van der Waals surface area contributed by atoms with Gasteiger partial charge in [0, 0.05) is 31.9 Å². The van der Waals surface area contributed by atoms with Gasteiger partial charge in [0.2, 0.25) is 5.91 Å². The fourth-order valence-corrected chi connectivity index (χ4v) is 3.94. The van der Waals surface area contributed by atoms with Crippen molar-refractivity contribution in [2.75, 3.05) is 20.1 Å². The molecule has 0 N–H and O–H groups in total. The molecule has 0 unspecified atom stereocenters. The maximum Gasteiger partial charge on any atom is 0.273 e. The Morgan fingerprint density at radius 3 is 2.95 bits per heavy atom. The number of rotatable bonds is 1. The average Bonchev–Trinajstić information content (AvgIpc) is 2.98. The Kier molecular flexibility index (Phi) is 3.50. The third kappa shape index (κ3) is 2.22. The molecule has 2 aliphatic heterocycles. The largest absolute Gasteiger partial charge is 0.338 e. The van der Waals surface area contributed by atoms with Gasteiger partial charge in [0.1, 0.15) is 5.69 Å². The third-order valence-electron chi connectivity index (χ3n) is 4.61. The van der Waals surface area contributed by atoms with E-state index in [1.54, 1.807) is 10.9 Å². The maximum atomic E-state index is 12.4. The summed E-state index contributed by atoms with van der Waals surface area (Å²) in [7, 11) is 1.89. The number of hydrogen-bond acceptors (Lipinski definition) is 4. The highest BCUT2D eigenvalue weighted by Crippen LogP contribution is 2.35. The van der Waals surface area contributed by atoms with Crippen LogP contribution in [0.1, 0.15) is 42.6 Å². The van der Waals surface area contributed by atoms with Crippen molar-refractivity contribution in [3.8, 4) is 0 Å². The summed E-state index contributed by atoms with van der Waals surface area (Å²) in [6, 6.07) is 0. The van der Waals surface area contributed by atoms with Gasteiger partial charge in [0.25, 0.3) is 5.91 Å². The van der Waals surface area contributed by atoms with Crippen LogP contribution in [0.4, 0.5) is 0 Å². The molecule has 1 atom stereocenters. The smallest absolute Gasteiger partial charge is 0.273 e. The quantitative estimate of drug-likeness (QED) is 0.793. The first-order valence-electron chi connectivity index (χ1n) is 7.06. The van der Waals surface area contributed by atoms with Crippen LogP contribution in [0.25, 0.3) is 0 Å². The lowest BCUT2D eigenvalue weighted by atomic mass is 9.80. The zero-order chi connectivity index (χ0) is 14.2. The Morgan fingerprint density at radius 2 is 2.20 bits per heavy atom. The van der Waals surface area contributed by atoms with Gasteiger partial charge in [0.05, 0.1) is 11.0 Å². The van der Waals surface area contributed by atoms with E-state index in [9.17, 15) is 9.59 Å². The number of carbonyl (C=O) groups is 2. The van der Waals surface area contributed by atoms with Crippen LogP contribution in [0.2, 0.25) is 0 Å². The number of thiazole rings is 1. The normalized spacial score (nSPS) is 27.1. The first kappa shape index (κ1) is 13.5. The molecule has 3 heterocycles. The van der Waals surface area contributed by atoms with E-state index in [4.69, 9.17) is 0 Å². The fourth-order valence-electron chi connectivity index (χ4n) is 3.41. The van der Waals surface area contributed by atoms with E-state index in [2.05, 4.69) is 4.98 Å². The molecule has 2 saturated heterocycles. The highest BCUT2D eigenvalue weighted by molar-refractivity contribution is 7.07. The molecule has 0 aliphatic carbocycles. The minimum Gasteiger partial charge on any atom is -0.338 e. The molecule has 1 aromatic rings. The molecule has 20 heavy (non-hydrogen) atoms. The van der Waals surface area contributed by atoms with Crippen LogP contribution in [0.5, 0.6) is 0 Å². The van der Waals surface area contributed by atoms with E-state index in [0.717, 1.165) is 32.2 Å². The van der Waals surface area contributed by atoms with Crippen LogP contribution in [0.3, 0.4) is 0 Å². The lowest BCUT2D eigenvalue weighted by molar-refractivity contribution is -0.142. The van der Waals surface area contributed by atoms with Crippen LogP contribution in [-0.4, -0.2) is 52.3 Å². The molecule has 2 fully saturated rings. The van der Waals surface area contributed by atoms with Crippen molar-refractivity contribution in [3.05, 3.63) is 16.6 Å². The van der Waals surface area contributed by atoms with E-state index in [0.29, 0.717) is 18.7 Å². The second kappa shape index (κ2) is 5.16. The molecule has 6 heteroatoms. The third-order valence-corrected chi connectivity index (χ3v) is 5.20. The van der Waals surface area contributed by atoms with E-state index >= 15 is 0 Å². The van der Waals surface area contributed by atoms with Crippen molar-refractivity contribution in [2.45, 2.75) is 37.6 Å². The molecule has 1 spiro atoms. The Balaban J connectivity index is 1.79. The van der Waals surface area contributed by atoms with E-state index in [-0.39, 0.29) is 17.4 Å². The molecule has 1 aromatic heterocycles. The maximum absolute atomic E-state index is 12.4. The monoisotopic (exact) mass is 293 g/mol. The van der Waals surface area contributed by atoms with Crippen LogP contribution in [0, 0.1) is 0 Å². The lowest BCUT2D eigenvalue weighted by Crippen LogP contribution is -2.61. The Bertz CT molecular complexity index is 512. The molecule has 2 amide bonds. The molecule has 0 aromatic carbocycles. The minimum absolute atomic E-state index is 0.00301. The second-order valence-electron chi connectivity index (χ2n) is 5.73. The van der Waals surface area contributed by atoms with Gasteiger partial charge in [-0.2, -0.15) is 0 Å². The molecule has 2 aliphatic rings. The summed E-state index contributed by atoms with van der Waals surface area (Å²) in [4.78, 5) is 32.3. The molecule has 3 rings (SSSR count). The number of hydrogen-bond donors (Lipinski definition) is 0. The van der Waals surface area contributed by atoms with Crippen LogP contribution < -0.4 is 0 Å². The van der Waals surface area contributed by atoms with Gasteiger partial charge in [-0.25, -0.2) is 4.98 Å². The van der Waals surface area contributed by atoms with Gasteiger partial charge in [-0.3, -0.25) is 9.59 Å². The summed E-state index contributed by atoms with van der Waals surface area (Å²) >= 11 is 1.44. The standard InChI is InChI=1S/C14H19N3O2S/c1-16-12(18)4-2-5-14(16)6-3-7-17(9-14)13(19)11-8-20-10-15-11/h8,10H,2-7,9H2,1H3/t14-/m0/s1. The highest BCUT2D eigenvalue weighted by Gasteiger charge is 2.44. The summed E-state index contributed by atoms with van der Waals surface area (Å²) in [6.45, 7) is 1.41. The topological polar surface area (TPSA) is 53.5 Å². The fraction of sp³-hybridized carbons (Fsp3) is 0.643. The number of piperidine rings is 2. The van der Waals surface area contributed by atoms with E-state index < -0.39 is 0 Å². The van der Waals surface area contributed by atoms with Gasteiger partial charge < -0.3 is 9.80 Å². The highest BCUT2D eigenvalue weighted by atomic mass is 32.1. The summed E-state index contributed by atoms with van der Waals surface area (Å²) in [5.41, 5.74) is 2.06. The van der Waals surface area contributed by atoms with E-state index in [1.165, 1.54) is 11.3 Å². The summed E-state index contributed by atoms with van der Waals surface area (Å²) in [6.07, 6.45) is 4.51. The van der Waals surface area contributed by atoms with Crippen molar-refractivity contribution < 1.29 is 9.59 Å². The number of likely N-dealkylation sites (tertiary alicyclic amines) is 2. The molecule has 108 valence electrons. The van der Waals surface area contributed by atoms with Gasteiger partial charge in [-0.05, 0) is 25.7 Å². The molecule has 0 saturated carbocycles. The summed E-state index contributed by atoms with van der Waals surface area (Å²) < 4.78 is 0. The predicted molar refractivity (Wildman–Crippen MR) is 76.6 cm³/mol. The zero-order valence-corrected chi connectivity index (χ0v) is 12.5. The predicted octanol–water partition coefficient (Wildman–Crippen LogP) is 1.76. The number of amides is 2. The number of aromatic nitrogens is 1. The minimum atomic E-state index is -0.154. The molecule has 5 nitrogen and oxygen atoms in total. The number of carbonyl (C=O) groups excluding carboxylic acids is 2. The molecule has 0 bridgehead atoms. The Morgan fingerprint density at radius 1 is 1.40 bits per heavy atom. The van der Waals surface area contributed by atoms with Gasteiger partial charge in [0.15, 0.2) is 0 Å². The van der Waals surface area contributed by atoms with Gasteiger partial charge >= 0.3 is 0 Å². The second-order valence-corrected chi connectivity index (χ2v) is 6.45. The van der Waals surface area contributed by atoms with Gasteiger partial charge in [-0.1, -0.05) is 0 Å². The van der Waals surface area contributed by atoms with Crippen molar-refractivity contribution in [3.63, 3.8) is 0 Å². The summed E-state index contributed by atoms with van der Waals surface area (Å²) in [5.74, 6) is 0.205. The number of nitrogens with zero attached hydrogens (tertiary/aromatic N) is 3. The van der Waals surface area contributed by atoms with Crippen molar-refractivity contribution >= 4 is 23.2 Å². The first-order valence-corrected chi connectivity index (χ1v) is 8.01. The molecular formula is C14H19N3O2S. The summed E-state index contributed by atoms with van der Waals surface area (Å²) in [5, 5.41) is 1.79. The molecular weight excluding hydrogens is 274 g/mol. The van der Waals surface area contributed by atoms with E-state index in [1.807, 2.05) is 16.8 Å². The lowest BCUT2D eigenvalue weighted by Gasteiger charge is -2.50. The Labute approximate surface area is 122 Å². The van der Waals surface area contributed by atoms with Crippen molar-refractivity contribution in [1.29, 1.82) is 0 Å². The Hall–Kier alpha value is -1.43. The molecule has 0 radical (unpaired) electrons. The number of likely N-dealkylation sites (N-methyl/N-ethyl adjacent to an activating group) is 1. The van der Waals surface area contributed by atoms with Crippen molar-refractivity contribution in [2.24, 2.45) is 0 Å². The van der Waals surface area contributed by atoms with Crippen LogP contribution in [0.15, 0.2) is 10.9 Å².